The average Bonchev–Trinajstić information content (AvgIpc) is 3.52. The molecule has 0 bridgehead atoms. The molecule has 9 nitrogen and oxygen atoms in total. The van der Waals surface area contributed by atoms with Gasteiger partial charge in [-0.2, -0.15) is 9.40 Å². The van der Waals surface area contributed by atoms with E-state index < -0.39 is 27.9 Å². The molecule has 1 unspecified atom stereocenters. The van der Waals surface area contributed by atoms with Crippen LogP contribution in [-0.4, -0.2) is 58.6 Å². The summed E-state index contributed by atoms with van der Waals surface area (Å²) in [5.41, 5.74) is 1.22. The summed E-state index contributed by atoms with van der Waals surface area (Å²) in [6.45, 7) is -0.261. The van der Waals surface area contributed by atoms with Crippen LogP contribution in [0.2, 0.25) is 0 Å². The van der Waals surface area contributed by atoms with Crippen LogP contribution in [-0.2, 0) is 21.9 Å². The predicted molar refractivity (Wildman–Crippen MR) is 137 cm³/mol. The van der Waals surface area contributed by atoms with Gasteiger partial charge in [-0.25, -0.2) is 13.2 Å². The first-order chi connectivity index (χ1) is 17.3. The molecule has 3 heterocycles. The van der Waals surface area contributed by atoms with Crippen LogP contribution in [0.15, 0.2) is 53.7 Å². The minimum atomic E-state index is -3.98. The van der Waals surface area contributed by atoms with Gasteiger partial charge in [0.15, 0.2) is 5.03 Å². The molecule has 11 heteroatoms. The third-order valence-corrected chi connectivity index (χ3v) is 9.88. The van der Waals surface area contributed by atoms with E-state index in [-0.39, 0.29) is 28.9 Å². The van der Waals surface area contributed by atoms with Crippen LogP contribution >= 0.6 is 11.3 Å². The van der Waals surface area contributed by atoms with Gasteiger partial charge in [-0.15, -0.1) is 11.3 Å². The highest BCUT2D eigenvalue weighted by Gasteiger charge is 2.44. The Balaban J connectivity index is 1.56. The maximum atomic E-state index is 13.7. The number of carbonyl (C=O) groups excluding carboxylic acids is 1. The van der Waals surface area contributed by atoms with E-state index in [0.717, 1.165) is 53.9 Å². The Morgan fingerprint density at radius 2 is 1.83 bits per heavy atom. The van der Waals surface area contributed by atoms with Gasteiger partial charge < -0.3 is 10.0 Å². The van der Waals surface area contributed by atoms with E-state index in [9.17, 15) is 23.1 Å². The van der Waals surface area contributed by atoms with E-state index in [4.69, 9.17) is 0 Å². The van der Waals surface area contributed by atoms with E-state index in [1.165, 1.54) is 15.1 Å². The number of anilines is 1. The topological polar surface area (TPSA) is 113 Å². The molecule has 3 aromatic rings. The van der Waals surface area contributed by atoms with Crippen molar-refractivity contribution in [1.82, 2.24) is 14.1 Å². The monoisotopic (exact) mass is 528 g/mol. The van der Waals surface area contributed by atoms with Crippen LogP contribution in [0.3, 0.4) is 0 Å². The van der Waals surface area contributed by atoms with Gasteiger partial charge in [-0.1, -0.05) is 49.6 Å². The Labute approximate surface area is 214 Å². The number of sulfonamides is 1. The Morgan fingerprint density at radius 3 is 2.47 bits per heavy atom. The van der Waals surface area contributed by atoms with Gasteiger partial charge in [-0.3, -0.25) is 9.48 Å². The molecular weight excluding hydrogens is 500 g/mol. The Bertz CT molecular complexity index is 1380. The zero-order valence-electron chi connectivity index (χ0n) is 19.9. The molecule has 1 aliphatic heterocycles. The third kappa shape index (κ3) is 4.58. The number of carboxylic acids is 1. The molecule has 1 N–H and O–H groups in total. The Kier molecular flexibility index (Phi) is 6.71. The van der Waals surface area contributed by atoms with Crippen molar-refractivity contribution in [2.24, 2.45) is 13.0 Å². The highest BCUT2D eigenvalue weighted by Crippen LogP contribution is 2.41. The average molecular weight is 529 g/mol. The normalized spacial score (nSPS) is 20.1. The molecule has 2 aliphatic rings. The molecular formula is C25H28N4O5S2. The predicted octanol–water partition coefficient (Wildman–Crippen LogP) is 3.83. The summed E-state index contributed by atoms with van der Waals surface area (Å²) in [6, 6.07) is 12.2. The summed E-state index contributed by atoms with van der Waals surface area (Å²) < 4.78 is 29.4. The van der Waals surface area contributed by atoms with Crippen molar-refractivity contribution in [3.05, 3.63) is 53.5 Å². The quantitative estimate of drug-likeness (QED) is 0.520. The molecule has 1 aromatic carbocycles. The highest BCUT2D eigenvalue weighted by molar-refractivity contribution is 7.89. The maximum Gasteiger partial charge on any atom is 0.348 e. The largest absolute Gasteiger partial charge is 0.477 e. The van der Waals surface area contributed by atoms with Crippen molar-refractivity contribution in [2.45, 2.75) is 43.2 Å². The lowest BCUT2D eigenvalue weighted by molar-refractivity contribution is -0.121. The first-order valence-corrected chi connectivity index (χ1v) is 14.3. The highest BCUT2D eigenvalue weighted by atomic mass is 32.2. The van der Waals surface area contributed by atoms with Crippen LogP contribution in [0.5, 0.6) is 0 Å². The number of aromatic nitrogens is 2. The summed E-state index contributed by atoms with van der Waals surface area (Å²) in [5, 5.41) is 14.0. The van der Waals surface area contributed by atoms with E-state index in [1.54, 1.807) is 24.2 Å². The van der Waals surface area contributed by atoms with Gasteiger partial charge >= 0.3 is 5.97 Å². The van der Waals surface area contributed by atoms with Crippen molar-refractivity contribution >= 4 is 38.9 Å². The minimum absolute atomic E-state index is 0.0751. The fourth-order valence-corrected chi connectivity index (χ4v) is 7.62. The van der Waals surface area contributed by atoms with Gasteiger partial charge in [0, 0.05) is 24.7 Å². The lowest BCUT2D eigenvalue weighted by Gasteiger charge is -2.44. The molecule has 1 saturated carbocycles. The first-order valence-electron chi connectivity index (χ1n) is 12.0. The molecule has 190 valence electrons. The number of hydrogen-bond acceptors (Lipinski definition) is 6. The number of nitrogens with zero attached hydrogens (tertiary/aromatic N) is 4. The second-order valence-corrected chi connectivity index (χ2v) is 12.3. The van der Waals surface area contributed by atoms with Crippen LogP contribution in [0.1, 0.15) is 41.8 Å². The van der Waals surface area contributed by atoms with Crippen molar-refractivity contribution in [3.63, 3.8) is 0 Å². The van der Waals surface area contributed by atoms with Crippen molar-refractivity contribution in [1.29, 1.82) is 0 Å². The van der Waals surface area contributed by atoms with Crippen molar-refractivity contribution in [2.75, 3.05) is 18.0 Å². The lowest BCUT2D eigenvalue weighted by Crippen LogP contribution is -2.60. The van der Waals surface area contributed by atoms with Gasteiger partial charge in [0.05, 0.1) is 18.3 Å². The van der Waals surface area contributed by atoms with Gasteiger partial charge in [0.1, 0.15) is 4.88 Å². The molecule has 0 radical (unpaired) electrons. The number of aromatic carboxylic acids is 1. The molecule has 5 rings (SSSR count). The summed E-state index contributed by atoms with van der Waals surface area (Å²) >= 11 is 1.13. The number of hydrogen-bond donors (Lipinski definition) is 1. The van der Waals surface area contributed by atoms with E-state index in [2.05, 4.69) is 5.10 Å². The molecule has 1 saturated heterocycles. The Morgan fingerprint density at radius 1 is 1.11 bits per heavy atom. The van der Waals surface area contributed by atoms with Gasteiger partial charge in [0.25, 0.3) is 10.0 Å². The van der Waals surface area contributed by atoms with Crippen LogP contribution in [0.25, 0.3) is 10.4 Å². The number of carbonyl (C=O) groups is 2. The number of piperazine rings is 1. The van der Waals surface area contributed by atoms with E-state index >= 15 is 0 Å². The molecule has 0 spiro atoms. The fraction of sp³-hybridized carbons (Fsp3) is 0.400. The minimum Gasteiger partial charge on any atom is -0.477 e. The number of aryl methyl sites for hydroxylation is 1. The van der Waals surface area contributed by atoms with Gasteiger partial charge in [0.2, 0.25) is 5.91 Å². The number of amides is 1. The molecule has 1 aliphatic carbocycles. The standard InChI is InChI=1S/C25H28N4O5S2/c1-27-13-12-22(26-27)36(33,34)28-15-20(17-8-4-2-5-9-17)29(23(30)16-28)19-14-21(35-24(19)25(31)32)18-10-6-3-7-11-18/h3,6-7,10-14,17,20H,2,4-5,8-9,15-16H2,1H3,(H,31,32). The molecule has 1 amide bonds. The molecule has 1 atom stereocenters. The number of rotatable bonds is 6. The molecule has 36 heavy (non-hydrogen) atoms. The molecule has 2 fully saturated rings. The van der Waals surface area contributed by atoms with Gasteiger partial charge in [-0.05, 0) is 36.5 Å². The SMILES string of the molecule is Cn1ccc(S(=O)(=O)N2CC(=O)N(c3cc(-c4ccccc4)sc3C(=O)O)C(C3CCCCC3)C2)n1. The zero-order chi connectivity index (χ0) is 25.4. The fourth-order valence-electron chi connectivity index (χ4n) is 5.26. The molecule has 2 aromatic heterocycles. The number of thiophene rings is 1. The zero-order valence-corrected chi connectivity index (χ0v) is 21.5. The number of carboxylic acid groups (broad SMARTS) is 1. The van der Waals surface area contributed by atoms with Crippen LogP contribution < -0.4 is 4.90 Å². The van der Waals surface area contributed by atoms with Crippen molar-refractivity contribution in [3.8, 4) is 10.4 Å². The van der Waals surface area contributed by atoms with E-state index in [1.807, 2.05) is 30.3 Å². The smallest absolute Gasteiger partial charge is 0.348 e. The van der Waals surface area contributed by atoms with Crippen LogP contribution in [0, 0.1) is 5.92 Å². The summed E-state index contributed by atoms with van der Waals surface area (Å²) in [6.07, 6.45) is 6.39. The Hall–Kier alpha value is -3.02. The summed E-state index contributed by atoms with van der Waals surface area (Å²) in [4.78, 5) is 28.3. The third-order valence-electron chi connectivity index (χ3n) is 7.01. The summed E-state index contributed by atoms with van der Waals surface area (Å²) in [7, 11) is -2.34. The summed E-state index contributed by atoms with van der Waals surface area (Å²) in [5.74, 6) is -1.45. The maximum absolute atomic E-state index is 13.7. The van der Waals surface area contributed by atoms with E-state index in [0.29, 0.717) is 5.69 Å². The lowest BCUT2D eigenvalue weighted by atomic mass is 9.82. The van der Waals surface area contributed by atoms with Crippen LogP contribution in [0.4, 0.5) is 5.69 Å². The first kappa shape index (κ1) is 24.7. The number of benzene rings is 1. The van der Waals surface area contributed by atoms with Crippen molar-refractivity contribution < 1.29 is 23.1 Å². The second-order valence-electron chi connectivity index (χ2n) is 9.35. The second kappa shape index (κ2) is 9.79.